The van der Waals surface area contributed by atoms with Crippen molar-refractivity contribution in [2.45, 2.75) is 24.6 Å². The van der Waals surface area contributed by atoms with E-state index in [0.29, 0.717) is 36.2 Å². The molecule has 1 aromatic heterocycles. The summed E-state index contributed by atoms with van der Waals surface area (Å²) in [6.07, 6.45) is 0. The fourth-order valence-electron chi connectivity index (χ4n) is 3.43. The first-order chi connectivity index (χ1) is 11.7. The monoisotopic (exact) mass is 342 g/mol. The second-order valence-corrected chi connectivity index (χ2v) is 7.71. The summed E-state index contributed by atoms with van der Waals surface area (Å²) in [6.45, 7) is 1.81. The van der Waals surface area contributed by atoms with Gasteiger partial charge in [0.2, 0.25) is 0 Å². The lowest BCUT2D eigenvalue weighted by Gasteiger charge is -2.20. The molecule has 2 aliphatic heterocycles. The second kappa shape index (κ2) is 4.78. The highest BCUT2D eigenvalue weighted by Crippen LogP contribution is 2.42. The summed E-state index contributed by atoms with van der Waals surface area (Å²) in [5, 5.41) is 9.99. The van der Waals surface area contributed by atoms with Gasteiger partial charge in [-0.05, 0) is 17.5 Å². The molecule has 0 amide bonds. The first-order valence-corrected chi connectivity index (χ1v) is 9.13. The van der Waals surface area contributed by atoms with Gasteiger partial charge < -0.3 is 9.30 Å². The molecule has 0 saturated heterocycles. The van der Waals surface area contributed by atoms with Gasteiger partial charge in [0.05, 0.1) is 23.7 Å². The number of anilines is 1. The highest BCUT2D eigenvalue weighted by molar-refractivity contribution is 7.93. The van der Waals surface area contributed by atoms with E-state index in [-0.39, 0.29) is 6.54 Å². The third kappa shape index (κ3) is 1.78. The quantitative estimate of drug-likeness (QED) is 0.708. The van der Waals surface area contributed by atoms with Crippen LogP contribution < -0.4 is 4.31 Å². The Bertz CT molecular complexity index is 1070. The Hall–Kier alpha value is -2.45. The molecule has 0 saturated carbocycles. The molecule has 0 radical (unpaired) electrons. The van der Waals surface area contributed by atoms with Crippen LogP contribution in [0.4, 0.5) is 5.69 Å². The maximum absolute atomic E-state index is 13.0. The van der Waals surface area contributed by atoms with Crippen LogP contribution in [0.1, 0.15) is 11.6 Å². The molecule has 3 aromatic rings. The van der Waals surface area contributed by atoms with Crippen LogP contribution in [0, 0.1) is 0 Å². The number of sulfonamides is 1. The predicted molar refractivity (Wildman–Crippen MR) is 87.0 cm³/mol. The van der Waals surface area contributed by atoms with Gasteiger partial charge in [0.15, 0.2) is 11.6 Å². The molecule has 8 heteroatoms. The molecule has 5 rings (SSSR count). The zero-order valence-corrected chi connectivity index (χ0v) is 13.5. The van der Waals surface area contributed by atoms with E-state index in [1.54, 1.807) is 12.1 Å². The standard InChI is InChI=1S/C16H14N4O3S/c21-24(22)13-6-2-4-11-3-1-5-12(16(11)13)20(24)9-14-17-18-15-10-23-8-7-19(14)15/h1-6H,7-10H2. The van der Waals surface area contributed by atoms with Crippen molar-refractivity contribution in [3.05, 3.63) is 48.0 Å². The van der Waals surface area contributed by atoms with Crippen molar-refractivity contribution in [1.29, 1.82) is 0 Å². The van der Waals surface area contributed by atoms with Gasteiger partial charge in [-0.25, -0.2) is 8.42 Å². The highest BCUT2D eigenvalue weighted by Gasteiger charge is 2.36. The van der Waals surface area contributed by atoms with Gasteiger partial charge in [-0.15, -0.1) is 10.2 Å². The van der Waals surface area contributed by atoms with E-state index in [9.17, 15) is 8.42 Å². The summed E-state index contributed by atoms with van der Waals surface area (Å²) in [7, 11) is -3.58. The van der Waals surface area contributed by atoms with Gasteiger partial charge in [0.1, 0.15) is 6.61 Å². The van der Waals surface area contributed by atoms with Crippen LogP contribution in [-0.2, 0) is 34.5 Å². The number of hydrogen-bond acceptors (Lipinski definition) is 5. The van der Waals surface area contributed by atoms with Crippen molar-refractivity contribution in [2.24, 2.45) is 0 Å². The van der Waals surface area contributed by atoms with Gasteiger partial charge in [-0.3, -0.25) is 4.31 Å². The summed E-state index contributed by atoms with van der Waals surface area (Å²) >= 11 is 0. The van der Waals surface area contributed by atoms with Gasteiger partial charge >= 0.3 is 0 Å². The van der Waals surface area contributed by atoms with Crippen LogP contribution in [0.3, 0.4) is 0 Å². The van der Waals surface area contributed by atoms with Crippen LogP contribution in [-0.4, -0.2) is 29.8 Å². The summed E-state index contributed by atoms with van der Waals surface area (Å²) in [6, 6.07) is 11.0. The summed E-state index contributed by atoms with van der Waals surface area (Å²) in [5.74, 6) is 1.38. The minimum absolute atomic E-state index is 0.170. The van der Waals surface area contributed by atoms with E-state index in [0.717, 1.165) is 16.6 Å². The van der Waals surface area contributed by atoms with E-state index >= 15 is 0 Å². The normalized spacial score (nSPS) is 18.1. The van der Waals surface area contributed by atoms with Crippen molar-refractivity contribution in [3.63, 3.8) is 0 Å². The number of rotatable bonds is 2. The van der Waals surface area contributed by atoms with Crippen molar-refractivity contribution < 1.29 is 13.2 Å². The molecule has 2 aliphatic rings. The molecule has 0 aliphatic carbocycles. The van der Waals surface area contributed by atoms with E-state index in [2.05, 4.69) is 10.2 Å². The lowest BCUT2D eigenvalue weighted by Crippen LogP contribution is -2.29. The molecule has 0 atom stereocenters. The van der Waals surface area contributed by atoms with Crippen molar-refractivity contribution in [1.82, 2.24) is 14.8 Å². The van der Waals surface area contributed by atoms with Gasteiger partial charge in [0, 0.05) is 11.9 Å². The molecule has 3 heterocycles. The fraction of sp³-hybridized carbons (Fsp3) is 0.250. The smallest absolute Gasteiger partial charge is 0.265 e. The predicted octanol–water partition coefficient (Wildman–Crippen LogP) is 1.67. The zero-order valence-electron chi connectivity index (χ0n) is 12.7. The molecular formula is C16H14N4O3S. The Morgan fingerprint density at radius 3 is 2.83 bits per heavy atom. The topological polar surface area (TPSA) is 77.3 Å². The lowest BCUT2D eigenvalue weighted by atomic mass is 10.1. The third-order valence-electron chi connectivity index (χ3n) is 4.56. The first-order valence-electron chi connectivity index (χ1n) is 7.69. The number of ether oxygens (including phenoxy) is 1. The van der Waals surface area contributed by atoms with Crippen LogP contribution in [0.5, 0.6) is 0 Å². The number of aromatic nitrogens is 3. The fourth-order valence-corrected chi connectivity index (χ4v) is 5.10. The maximum Gasteiger partial charge on any atom is 0.265 e. The van der Waals surface area contributed by atoms with Gasteiger partial charge in [-0.2, -0.15) is 0 Å². The summed E-state index contributed by atoms with van der Waals surface area (Å²) in [4.78, 5) is 0.359. The highest BCUT2D eigenvalue weighted by atomic mass is 32.2. The van der Waals surface area contributed by atoms with Gasteiger partial charge in [0.25, 0.3) is 10.0 Å². The minimum Gasteiger partial charge on any atom is -0.372 e. The zero-order chi connectivity index (χ0) is 16.3. The molecule has 2 aromatic carbocycles. The molecule has 122 valence electrons. The maximum atomic E-state index is 13.0. The summed E-state index contributed by atoms with van der Waals surface area (Å²) in [5.41, 5.74) is 0.701. The Labute approximate surface area is 138 Å². The summed E-state index contributed by atoms with van der Waals surface area (Å²) < 4.78 is 34.7. The first kappa shape index (κ1) is 13.9. The minimum atomic E-state index is -3.58. The number of benzene rings is 2. The Balaban J connectivity index is 1.65. The largest absolute Gasteiger partial charge is 0.372 e. The Kier molecular flexibility index (Phi) is 2.77. The molecule has 24 heavy (non-hydrogen) atoms. The average Bonchev–Trinajstić information content (AvgIpc) is 3.10. The van der Waals surface area contributed by atoms with Crippen molar-refractivity contribution in [2.75, 3.05) is 10.9 Å². The molecule has 0 bridgehead atoms. The van der Waals surface area contributed by atoms with Crippen molar-refractivity contribution >= 4 is 26.5 Å². The SMILES string of the molecule is O=S1(=O)c2cccc3cccc(c23)N1Cc1nnc2n1CCOC2. The third-order valence-corrected chi connectivity index (χ3v) is 6.36. The van der Waals surface area contributed by atoms with Crippen molar-refractivity contribution in [3.8, 4) is 0 Å². The molecule has 0 fully saturated rings. The van der Waals surface area contributed by atoms with Crippen LogP contribution >= 0.6 is 0 Å². The second-order valence-electron chi connectivity index (χ2n) is 5.88. The van der Waals surface area contributed by atoms with E-state index in [1.807, 2.05) is 28.8 Å². The Morgan fingerprint density at radius 2 is 1.96 bits per heavy atom. The molecule has 7 nitrogen and oxygen atoms in total. The molecule has 0 unspecified atom stereocenters. The molecule has 0 spiro atoms. The molecule has 0 N–H and O–H groups in total. The number of hydrogen-bond donors (Lipinski definition) is 0. The van der Waals surface area contributed by atoms with Crippen LogP contribution in [0.15, 0.2) is 41.3 Å². The van der Waals surface area contributed by atoms with E-state index in [1.165, 1.54) is 4.31 Å². The van der Waals surface area contributed by atoms with Gasteiger partial charge in [-0.1, -0.05) is 24.3 Å². The average molecular weight is 342 g/mol. The lowest BCUT2D eigenvalue weighted by molar-refractivity contribution is 0.0806. The Morgan fingerprint density at radius 1 is 1.12 bits per heavy atom. The number of nitrogens with zero attached hydrogens (tertiary/aromatic N) is 4. The van der Waals surface area contributed by atoms with E-state index < -0.39 is 10.0 Å². The van der Waals surface area contributed by atoms with Crippen LogP contribution in [0.25, 0.3) is 10.8 Å². The van der Waals surface area contributed by atoms with Crippen LogP contribution in [0.2, 0.25) is 0 Å². The molecular weight excluding hydrogens is 328 g/mol. The van der Waals surface area contributed by atoms with E-state index in [4.69, 9.17) is 4.74 Å². The number of fused-ring (bicyclic) bond motifs is 1.